The smallest absolute Gasteiger partial charge is 0.321 e. The average molecular weight is 384 g/mol. The molecule has 28 heavy (non-hydrogen) atoms. The van der Waals surface area contributed by atoms with Crippen molar-refractivity contribution in [1.29, 1.82) is 0 Å². The Bertz CT molecular complexity index is 846. The third kappa shape index (κ3) is 4.16. The summed E-state index contributed by atoms with van der Waals surface area (Å²) in [6, 6.07) is 7.79. The van der Waals surface area contributed by atoms with Gasteiger partial charge in [0.2, 0.25) is 0 Å². The number of aromatic nitrogens is 2. The number of benzene rings is 1. The molecule has 1 aromatic heterocycles. The summed E-state index contributed by atoms with van der Waals surface area (Å²) >= 11 is 0. The number of nitrogens with one attached hydrogen (secondary N) is 1. The number of hydrogen-bond donors (Lipinski definition) is 1. The number of amides is 2. The molecule has 2 saturated heterocycles. The van der Waals surface area contributed by atoms with Crippen LogP contribution < -0.4 is 15.1 Å². The molecule has 2 aromatic rings. The molecule has 0 radical (unpaired) electrons. The summed E-state index contributed by atoms with van der Waals surface area (Å²) in [5.41, 5.74) is 0.467. The predicted molar refractivity (Wildman–Crippen MR) is 107 cm³/mol. The van der Waals surface area contributed by atoms with Gasteiger partial charge in [-0.25, -0.2) is 19.2 Å². The Morgan fingerprint density at radius 3 is 2.25 bits per heavy atom. The number of carbonyl (C=O) groups excluding carboxylic acids is 1. The van der Waals surface area contributed by atoms with Crippen molar-refractivity contribution in [1.82, 2.24) is 14.9 Å². The Kier molecular flexibility index (Phi) is 5.27. The van der Waals surface area contributed by atoms with Gasteiger partial charge in [-0.05, 0) is 38.0 Å². The van der Waals surface area contributed by atoms with Crippen molar-refractivity contribution in [3.05, 3.63) is 42.0 Å². The maximum atomic E-state index is 13.3. The number of rotatable bonds is 3. The fourth-order valence-corrected chi connectivity index (χ4v) is 3.71. The van der Waals surface area contributed by atoms with Gasteiger partial charge in [-0.1, -0.05) is 6.07 Å². The summed E-state index contributed by atoms with van der Waals surface area (Å²) in [7, 11) is 0. The van der Waals surface area contributed by atoms with E-state index in [1.165, 1.54) is 25.0 Å². The number of anilines is 3. The lowest BCUT2D eigenvalue weighted by Crippen LogP contribution is -2.50. The number of piperazine rings is 1. The average Bonchev–Trinajstić information content (AvgIpc) is 3.22. The molecule has 1 aromatic carbocycles. The molecule has 2 amide bonds. The lowest BCUT2D eigenvalue weighted by molar-refractivity contribution is 0.208. The van der Waals surface area contributed by atoms with Crippen LogP contribution in [-0.4, -0.2) is 60.2 Å². The van der Waals surface area contributed by atoms with E-state index in [-0.39, 0.29) is 11.8 Å². The van der Waals surface area contributed by atoms with Gasteiger partial charge < -0.3 is 20.0 Å². The van der Waals surface area contributed by atoms with Gasteiger partial charge in [-0.2, -0.15) is 0 Å². The van der Waals surface area contributed by atoms with Gasteiger partial charge in [0.05, 0.1) is 0 Å². The van der Waals surface area contributed by atoms with Gasteiger partial charge in [0, 0.05) is 51.0 Å². The van der Waals surface area contributed by atoms with Crippen LogP contribution in [0.15, 0.2) is 30.3 Å². The van der Waals surface area contributed by atoms with Crippen LogP contribution in [0.1, 0.15) is 18.7 Å². The number of urea groups is 1. The molecular weight excluding hydrogens is 359 g/mol. The predicted octanol–water partition coefficient (Wildman–Crippen LogP) is 2.88. The molecule has 0 atom stereocenters. The van der Waals surface area contributed by atoms with E-state index in [9.17, 15) is 9.18 Å². The first-order valence-electron chi connectivity index (χ1n) is 9.75. The highest BCUT2D eigenvalue weighted by molar-refractivity contribution is 5.89. The van der Waals surface area contributed by atoms with Gasteiger partial charge in [0.1, 0.15) is 23.3 Å². The van der Waals surface area contributed by atoms with Crippen LogP contribution in [0.2, 0.25) is 0 Å². The molecule has 0 saturated carbocycles. The van der Waals surface area contributed by atoms with Crippen LogP contribution in [-0.2, 0) is 0 Å². The molecule has 8 heteroatoms. The topological polar surface area (TPSA) is 64.6 Å². The van der Waals surface area contributed by atoms with E-state index >= 15 is 0 Å². The fourth-order valence-electron chi connectivity index (χ4n) is 3.71. The minimum Gasteiger partial charge on any atom is -0.356 e. The molecular formula is C20H25FN6O. The van der Waals surface area contributed by atoms with E-state index in [4.69, 9.17) is 0 Å². The summed E-state index contributed by atoms with van der Waals surface area (Å²) in [4.78, 5) is 27.9. The van der Waals surface area contributed by atoms with Crippen LogP contribution >= 0.6 is 0 Å². The van der Waals surface area contributed by atoms with Gasteiger partial charge in [0.15, 0.2) is 0 Å². The van der Waals surface area contributed by atoms with Crippen LogP contribution in [0, 0.1) is 12.7 Å². The van der Waals surface area contributed by atoms with Crippen molar-refractivity contribution >= 4 is 23.4 Å². The van der Waals surface area contributed by atoms with Crippen molar-refractivity contribution in [2.24, 2.45) is 0 Å². The maximum Gasteiger partial charge on any atom is 0.321 e. The molecule has 0 aliphatic carbocycles. The van der Waals surface area contributed by atoms with E-state index in [2.05, 4.69) is 31.2 Å². The third-order valence-corrected chi connectivity index (χ3v) is 5.21. The van der Waals surface area contributed by atoms with Crippen molar-refractivity contribution in [2.45, 2.75) is 19.8 Å². The number of hydrogen-bond acceptors (Lipinski definition) is 5. The van der Waals surface area contributed by atoms with Gasteiger partial charge >= 0.3 is 6.03 Å². The summed E-state index contributed by atoms with van der Waals surface area (Å²) in [5.74, 6) is 2.31. The van der Waals surface area contributed by atoms with Crippen molar-refractivity contribution in [3.8, 4) is 0 Å². The Morgan fingerprint density at radius 1 is 0.964 bits per heavy atom. The lowest BCUT2D eigenvalue weighted by Gasteiger charge is -2.35. The zero-order valence-corrected chi connectivity index (χ0v) is 16.1. The SMILES string of the molecule is Cc1nc(N2CCCC2)cc(N2CCN(C(=O)Nc3cccc(F)c3)CC2)n1. The molecule has 7 nitrogen and oxygen atoms in total. The normalized spacial score (nSPS) is 17.1. The van der Waals surface area contributed by atoms with Gasteiger partial charge in [0.25, 0.3) is 0 Å². The zero-order valence-electron chi connectivity index (χ0n) is 16.1. The number of carbonyl (C=O) groups is 1. The summed E-state index contributed by atoms with van der Waals surface area (Å²) in [6.45, 7) is 6.59. The standard InChI is InChI=1S/C20H25FN6O/c1-15-22-18(25-7-2-3-8-25)14-19(23-15)26-9-11-27(12-10-26)20(28)24-17-6-4-5-16(21)13-17/h4-6,13-14H,2-3,7-12H2,1H3,(H,24,28). The first-order valence-corrected chi connectivity index (χ1v) is 9.75. The highest BCUT2D eigenvalue weighted by Crippen LogP contribution is 2.23. The number of aryl methyl sites for hydroxylation is 1. The van der Waals surface area contributed by atoms with Crippen molar-refractivity contribution in [3.63, 3.8) is 0 Å². The molecule has 2 aliphatic rings. The molecule has 3 heterocycles. The monoisotopic (exact) mass is 384 g/mol. The fraction of sp³-hybridized carbons (Fsp3) is 0.450. The summed E-state index contributed by atoms with van der Waals surface area (Å²) in [6.07, 6.45) is 2.41. The third-order valence-electron chi connectivity index (χ3n) is 5.21. The molecule has 148 valence electrons. The van der Waals surface area contributed by atoms with Gasteiger partial charge in [-0.3, -0.25) is 0 Å². The molecule has 0 unspecified atom stereocenters. The Morgan fingerprint density at radius 2 is 1.61 bits per heavy atom. The molecule has 0 spiro atoms. The van der Waals surface area contributed by atoms with E-state index in [1.54, 1.807) is 17.0 Å². The van der Waals surface area contributed by atoms with Crippen molar-refractivity contribution in [2.75, 3.05) is 54.4 Å². The van der Waals surface area contributed by atoms with Crippen LogP contribution in [0.5, 0.6) is 0 Å². The highest BCUT2D eigenvalue weighted by atomic mass is 19.1. The van der Waals surface area contributed by atoms with Crippen LogP contribution in [0.4, 0.5) is 26.5 Å². The minimum atomic E-state index is -0.365. The maximum absolute atomic E-state index is 13.3. The molecule has 1 N–H and O–H groups in total. The molecule has 2 aliphatic heterocycles. The van der Waals surface area contributed by atoms with Crippen LogP contribution in [0.3, 0.4) is 0 Å². The van der Waals surface area contributed by atoms with Gasteiger partial charge in [-0.15, -0.1) is 0 Å². The summed E-state index contributed by atoms with van der Waals surface area (Å²) < 4.78 is 13.3. The minimum absolute atomic E-state index is 0.207. The Balaban J connectivity index is 1.38. The molecule has 0 bridgehead atoms. The highest BCUT2D eigenvalue weighted by Gasteiger charge is 2.23. The van der Waals surface area contributed by atoms with E-state index in [0.717, 1.165) is 30.5 Å². The second-order valence-electron chi connectivity index (χ2n) is 7.24. The first kappa shape index (κ1) is 18.5. The Labute approximate surface area is 164 Å². The number of nitrogens with zero attached hydrogens (tertiary/aromatic N) is 5. The van der Waals surface area contributed by atoms with E-state index in [1.807, 2.05) is 6.92 Å². The van der Waals surface area contributed by atoms with E-state index < -0.39 is 0 Å². The van der Waals surface area contributed by atoms with E-state index in [0.29, 0.717) is 31.9 Å². The number of halogens is 1. The lowest BCUT2D eigenvalue weighted by atomic mass is 10.3. The molecule has 4 rings (SSSR count). The van der Waals surface area contributed by atoms with Crippen molar-refractivity contribution < 1.29 is 9.18 Å². The van der Waals surface area contributed by atoms with Crippen LogP contribution in [0.25, 0.3) is 0 Å². The first-order chi connectivity index (χ1) is 13.6. The second-order valence-corrected chi connectivity index (χ2v) is 7.24. The Hall–Kier alpha value is -2.90. The molecule has 2 fully saturated rings. The largest absolute Gasteiger partial charge is 0.356 e. The zero-order chi connectivity index (χ0) is 19.5. The summed E-state index contributed by atoms with van der Waals surface area (Å²) in [5, 5.41) is 2.76. The quantitative estimate of drug-likeness (QED) is 0.882. The second kappa shape index (κ2) is 8.00.